The van der Waals surface area contributed by atoms with Gasteiger partial charge in [0.15, 0.2) is 0 Å². The fourth-order valence-corrected chi connectivity index (χ4v) is 2.16. The van der Waals surface area contributed by atoms with Crippen molar-refractivity contribution < 1.29 is 17.4 Å². The fourth-order valence-electron chi connectivity index (χ4n) is 1.44. The van der Waals surface area contributed by atoms with Crippen LogP contribution in [-0.2, 0) is 16.7 Å². The molecule has 0 fully saturated rings. The highest BCUT2D eigenvalue weighted by molar-refractivity contribution is 7.85. The minimum atomic E-state index is -4.31. The van der Waals surface area contributed by atoms with E-state index in [1.54, 1.807) is 6.07 Å². The van der Waals surface area contributed by atoms with Crippen molar-refractivity contribution in [2.24, 2.45) is 0 Å². The Bertz CT molecular complexity index is 693. The van der Waals surface area contributed by atoms with E-state index in [-0.39, 0.29) is 17.4 Å². The van der Waals surface area contributed by atoms with E-state index in [0.717, 1.165) is 6.33 Å². The Kier molecular flexibility index (Phi) is 3.67. The molecule has 0 unspecified atom stereocenters. The van der Waals surface area contributed by atoms with E-state index < -0.39 is 16.2 Å². The Hall–Kier alpha value is -2.13. The number of hydrogen-bond acceptors (Lipinski definition) is 6. The van der Waals surface area contributed by atoms with Crippen molar-refractivity contribution in [3.05, 3.63) is 42.2 Å². The molecule has 19 heavy (non-hydrogen) atoms. The van der Waals surface area contributed by atoms with Crippen molar-refractivity contribution in [3.8, 4) is 0 Å². The maximum Gasteiger partial charge on any atom is 0.313 e. The molecule has 0 saturated heterocycles. The van der Waals surface area contributed by atoms with Gasteiger partial charge in [0.05, 0.1) is 4.90 Å². The molecule has 2 N–H and O–H groups in total. The van der Waals surface area contributed by atoms with Gasteiger partial charge in [-0.15, -0.1) is 0 Å². The summed E-state index contributed by atoms with van der Waals surface area (Å²) < 4.78 is 44.1. The van der Waals surface area contributed by atoms with Crippen LogP contribution in [0.1, 0.15) is 5.56 Å². The van der Waals surface area contributed by atoms with Crippen LogP contribution in [0.3, 0.4) is 0 Å². The monoisotopic (exact) mass is 284 g/mol. The first-order valence-corrected chi connectivity index (χ1v) is 6.54. The van der Waals surface area contributed by atoms with Crippen LogP contribution in [0.15, 0.2) is 35.5 Å². The highest BCUT2D eigenvalue weighted by Gasteiger charge is 2.14. The topological polar surface area (TPSA) is 105 Å². The molecule has 0 spiro atoms. The first-order valence-electron chi connectivity index (χ1n) is 5.10. The molecule has 1 aromatic carbocycles. The largest absolute Gasteiger partial charge is 0.350 e. The standard InChI is InChI=1S/C10H9FN4O3S/c11-9-13-6-14-10(15-9)12-5-7-3-1-2-4-8(7)19(16,17)18/h1-4,6H,5H2,(H,16,17,18)(H,12,13,14,15). The second-order valence-electron chi connectivity index (χ2n) is 3.51. The van der Waals surface area contributed by atoms with Crippen molar-refractivity contribution in [1.29, 1.82) is 0 Å². The number of benzene rings is 1. The lowest BCUT2D eigenvalue weighted by molar-refractivity contribution is 0.482. The Balaban J connectivity index is 2.21. The summed E-state index contributed by atoms with van der Waals surface area (Å²) in [6, 6.07) is 5.86. The van der Waals surface area contributed by atoms with Crippen molar-refractivity contribution in [3.63, 3.8) is 0 Å². The summed E-state index contributed by atoms with van der Waals surface area (Å²) in [5.41, 5.74) is 0.311. The van der Waals surface area contributed by atoms with E-state index in [2.05, 4.69) is 20.3 Å². The molecule has 0 radical (unpaired) electrons. The molecule has 1 heterocycles. The van der Waals surface area contributed by atoms with Gasteiger partial charge in [0.2, 0.25) is 5.95 Å². The van der Waals surface area contributed by atoms with E-state index in [0.29, 0.717) is 5.56 Å². The van der Waals surface area contributed by atoms with Crippen LogP contribution in [0.4, 0.5) is 10.3 Å². The maximum atomic E-state index is 12.7. The summed E-state index contributed by atoms with van der Waals surface area (Å²) in [6.07, 6.45) is 0.0416. The third-order valence-corrected chi connectivity index (χ3v) is 3.18. The van der Waals surface area contributed by atoms with Crippen LogP contribution in [-0.4, -0.2) is 27.9 Å². The summed E-state index contributed by atoms with van der Waals surface area (Å²) in [7, 11) is -4.31. The zero-order valence-corrected chi connectivity index (χ0v) is 10.3. The van der Waals surface area contributed by atoms with E-state index in [1.807, 2.05) is 0 Å². The fraction of sp³-hybridized carbons (Fsp3) is 0.100. The van der Waals surface area contributed by atoms with Gasteiger partial charge in [-0.25, -0.2) is 4.98 Å². The lowest BCUT2D eigenvalue weighted by Crippen LogP contribution is -2.09. The molecule has 0 amide bonds. The van der Waals surface area contributed by atoms with Gasteiger partial charge in [-0.3, -0.25) is 4.55 Å². The van der Waals surface area contributed by atoms with E-state index in [9.17, 15) is 12.8 Å². The smallest absolute Gasteiger partial charge is 0.313 e. The van der Waals surface area contributed by atoms with Gasteiger partial charge in [0.25, 0.3) is 10.1 Å². The van der Waals surface area contributed by atoms with Gasteiger partial charge < -0.3 is 5.32 Å². The second-order valence-corrected chi connectivity index (χ2v) is 4.90. The molecular weight excluding hydrogens is 275 g/mol. The zero-order valence-electron chi connectivity index (χ0n) is 9.49. The van der Waals surface area contributed by atoms with E-state index in [1.165, 1.54) is 18.2 Å². The Morgan fingerprint density at radius 1 is 1.26 bits per heavy atom. The molecular formula is C10H9FN4O3S. The average Bonchev–Trinajstić information content (AvgIpc) is 2.36. The molecule has 0 bridgehead atoms. The molecule has 0 atom stereocenters. The summed E-state index contributed by atoms with van der Waals surface area (Å²) >= 11 is 0. The van der Waals surface area contributed by atoms with Crippen molar-refractivity contribution >= 4 is 16.1 Å². The molecule has 0 aliphatic rings. The number of anilines is 1. The summed E-state index contributed by atoms with van der Waals surface area (Å²) in [6.45, 7) is 0.0133. The van der Waals surface area contributed by atoms with Crippen LogP contribution in [0, 0.1) is 6.08 Å². The van der Waals surface area contributed by atoms with Crippen LogP contribution >= 0.6 is 0 Å². The summed E-state index contributed by atoms with van der Waals surface area (Å²) in [5, 5.41) is 2.64. The first kappa shape index (κ1) is 13.3. The SMILES string of the molecule is O=S(=O)(O)c1ccccc1CNc1ncnc(F)n1. The molecule has 0 aliphatic heterocycles. The highest BCUT2D eigenvalue weighted by atomic mass is 32.2. The predicted octanol–water partition coefficient (Wildman–Crippen LogP) is 0.870. The minimum absolute atomic E-state index is 0.0133. The maximum absolute atomic E-state index is 12.7. The molecule has 0 saturated carbocycles. The van der Waals surface area contributed by atoms with Gasteiger partial charge in [-0.05, 0) is 11.6 Å². The number of aromatic nitrogens is 3. The molecule has 100 valence electrons. The van der Waals surface area contributed by atoms with Crippen molar-refractivity contribution in [2.75, 3.05) is 5.32 Å². The number of nitrogens with zero attached hydrogens (tertiary/aromatic N) is 3. The number of halogens is 1. The van der Waals surface area contributed by atoms with Crippen molar-refractivity contribution in [2.45, 2.75) is 11.4 Å². The lowest BCUT2D eigenvalue weighted by atomic mass is 10.2. The number of rotatable bonds is 4. The van der Waals surface area contributed by atoms with Gasteiger partial charge in [-0.1, -0.05) is 18.2 Å². The van der Waals surface area contributed by atoms with Gasteiger partial charge in [0, 0.05) is 6.54 Å². The normalized spacial score (nSPS) is 11.3. The highest BCUT2D eigenvalue weighted by Crippen LogP contribution is 2.15. The quantitative estimate of drug-likeness (QED) is 0.802. The van der Waals surface area contributed by atoms with Crippen LogP contribution < -0.4 is 5.32 Å². The number of hydrogen-bond donors (Lipinski definition) is 2. The van der Waals surface area contributed by atoms with E-state index in [4.69, 9.17) is 4.55 Å². The minimum Gasteiger partial charge on any atom is -0.350 e. The van der Waals surface area contributed by atoms with Crippen LogP contribution in [0.2, 0.25) is 0 Å². The molecule has 1 aromatic heterocycles. The average molecular weight is 284 g/mol. The molecule has 0 aliphatic carbocycles. The number of nitrogens with one attached hydrogen (secondary N) is 1. The van der Waals surface area contributed by atoms with Gasteiger partial charge in [0.1, 0.15) is 6.33 Å². The first-order chi connectivity index (χ1) is 8.97. The molecule has 9 heteroatoms. The predicted molar refractivity (Wildman–Crippen MR) is 63.4 cm³/mol. The zero-order chi connectivity index (χ0) is 13.9. The second kappa shape index (κ2) is 5.24. The molecule has 2 aromatic rings. The third kappa shape index (κ3) is 3.42. The van der Waals surface area contributed by atoms with Crippen LogP contribution in [0.5, 0.6) is 0 Å². The third-order valence-electron chi connectivity index (χ3n) is 2.23. The summed E-state index contributed by atoms with van der Waals surface area (Å²) in [4.78, 5) is 9.99. The Morgan fingerprint density at radius 3 is 2.68 bits per heavy atom. The summed E-state index contributed by atoms with van der Waals surface area (Å²) in [5.74, 6) is -0.0300. The van der Waals surface area contributed by atoms with Gasteiger partial charge >= 0.3 is 6.08 Å². The lowest BCUT2D eigenvalue weighted by Gasteiger charge is -2.08. The van der Waals surface area contributed by atoms with Crippen molar-refractivity contribution in [1.82, 2.24) is 15.0 Å². The Morgan fingerprint density at radius 2 is 2.00 bits per heavy atom. The van der Waals surface area contributed by atoms with Gasteiger partial charge in [-0.2, -0.15) is 22.8 Å². The molecule has 7 nitrogen and oxygen atoms in total. The Labute approximate surface area is 108 Å². The van der Waals surface area contributed by atoms with Crippen LogP contribution in [0.25, 0.3) is 0 Å². The van der Waals surface area contributed by atoms with E-state index >= 15 is 0 Å². The molecule has 2 rings (SSSR count).